The van der Waals surface area contributed by atoms with E-state index in [4.69, 9.17) is 24.9 Å². The van der Waals surface area contributed by atoms with Crippen molar-refractivity contribution in [1.82, 2.24) is 24.4 Å². The highest BCUT2D eigenvalue weighted by Crippen LogP contribution is 2.43. The average molecular weight is 578 g/mol. The van der Waals surface area contributed by atoms with Crippen molar-refractivity contribution < 1.29 is 19.0 Å². The minimum absolute atomic E-state index is 0.217. The minimum atomic E-state index is -0.478. The van der Waals surface area contributed by atoms with Crippen LogP contribution in [0.15, 0.2) is 33.0 Å². The fourth-order valence-electron chi connectivity index (χ4n) is 4.27. The van der Waals surface area contributed by atoms with E-state index < -0.39 is 5.60 Å². The highest BCUT2D eigenvalue weighted by Gasteiger charge is 2.27. The van der Waals surface area contributed by atoms with Crippen LogP contribution in [-0.2, 0) is 11.3 Å². The van der Waals surface area contributed by atoms with Crippen molar-refractivity contribution in [3.8, 4) is 23.0 Å². The largest absolute Gasteiger partial charge is 0.454 e. The summed E-state index contributed by atoms with van der Waals surface area (Å²) in [5.74, 6) is 2.99. The molecule has 4 aliphatic rings. The van der Waals surface area contributed by atoms with Gasteiger partial charge < -0.3 is 29.4 Å². The number of amides is 1. The lowest BCUT2D eigenvalue weighted by Crippen LogP contribution is -2.41. The van der Waals surface area contributed by atoms with Crippen LogP contribution in [0.2, 0.25) is 0 Å². The normalized spacial score (nSPS) is 16.1. The summed E-state index contributed by atoms with van der Waals surface area (Å²) in [5, 5.41) is 0.587. The highest BCUT2D eigenvalue weighted by atomic mass is 79.9. The lowest BCUT2D eigenvalue weighted by atomic mass is 9.93. The number of fused-ring (bicyclic) bond motifs is 2. The quantitative estimate of drug-likeness (QED) is 0.445. The molecule has 0 bridgehead atoms. The number of hydrogen-bond donors (Lipinski definition) is 1. The molecular weight excluding hydrogens is 548 g/mol. The Labute approximate surface area is 222 Å². The van der Waals surface area contributed by atoms with Crippen molar-refractivity contribution in [2.24, 2.45) is 5.92 Å². The molecular formula is C24H29BrN6O4S. The molecule has 192 valence electrons. The van der Waals surface area contributed by atoms with Gasteiger partial charge in [-0.05, 0) is 85.8 Å². The number of benzene rings is 1. The predicted octanol–water partition coefficient (Wildman–Crippen LogP) is 5.04. The molecule has 0 unspecified atom stereocenters. The first-order valence-corrected chi connectivity index (χ1v) is 13.5. The van der Waals surface area contributed by atoms with E-state index in [0.29, 0.717) is 53.0 Å². The highest BCUT2D eigenvalue weighted by molar-refractivity contribution is 9.10. The summed E-state index contributed by atoms with van der Waals surface area (Å²) >= 11 is 5.02. The number of imidazole rings is 1. The maximum absolute atomic E-state index is 12.3. The maximum Gasteiger partial charge on any atom is 0.410 e. The molecule has 5 rings (SSSR count). The lowest BCUT2D eigenvalue weighted by molar-refractivity contribution is 0.0180. The van der Waals surface area contributed by atoms with Crippen LogP contribution in [0.25, 0.3) is 11.5 Å². The maximum atomic E-state index is 12.3. The zero-order valence-corrected chi connectivity index (χ0v) is 22.9. The molecule has 0 atom stereocenters. The van der Waals surface area contributed by atoms with Crippen molar-refractivity contribution in [2.45, 2.75) is 62.2 Å². The zero-order valence-electron chi connectivity index (χ0n) is 20.5. The molecule has 1 amide bonds. The number of anilines is 1. The molecule has 0 spiro atoms. The summed E-state index contributed by atoms with van der Waals surface area (Å²) in [7, 11) is 0. The molecule has 12 heteroatoms. The van der Waals surface area contributed by atoms with Crippen molar-refractivity contribution in [2.75, 3.05) is 25.6 Å². The second-order valence-corrected chi connectivity index (χ2v) is 11.8. The molecule has 0 aromatic heterocycles. The van der Waals surface area contributed by atoms with Crippen molar-refractivity contribution >= 4 is 39.6 Å². The van der Waals surface area contributed by atoms with Gasteiger partial charge in [-0.25, -0.2) is 19.7 Å². The number of carbonyl (C=O) groups is 1. The van der Waals surface area contributed by atoms with Gasteiger partial charge in [0.2, 0.25) is 6.79 Å². The van der Waals surface area contributed by atoms with Crippen LogP contribution in [0.5, 0.6) is 11.5 Å². The van der Waals surface area contributed by atoms with Crippen LogP contribution in [0.3, 0.4) is 0 Å². The Balaban J connectivity index is 1.24. The van der Waals surface area contributed by atoms with E-state index in [0.717, 1.165) is 35.2 Å². The molecule has 0 aliphatic carbocycles. The summed E-state index contributed by atoms with van der Waals surface area (Å²) in [5.41, 5.74) is 6.25. The van der Waals surface area contributed by atoms with Gasteiger partial charge in [-0.3, -0.25) is 0 Å². The average Bonchev–Trinajstić information content (AvgIpc) is 3.45. The minimum Gasteiger partial charge on any atom is -0.454 e. The molecule has 1 aromatic carbocycles. The number of likely N-dealkylation sites (tertiary alicyclic amines) is 1. The standard InChI is InChI=1S/C24H29BrN6O4S/c1-24(2,3)35-23(32)30-7-4-14(5-8-30)6-9-31-12-27-20(26)19-21(31)29-22(28-19)36-18-11-17-16(10-15(18)25)33-13-34-17/h10-12,14H,4-9,13,26H2,1-3H3. The zero-order chi connectivity index (χ0) is 25.4. The molecule has 10 nitrogen and oxygen atoms in total. The van der Waals surface area contributed by atoms with Crippen LogP contribution >= 0.6 is 27.7 Å². The van der Waals surface area contributed by atoms with E-state index in [1.54, 1.807) is 11.2 Å². The predicted molar refractivity (Wildman–Crippen MR) is 138 cm³/mol. The molecule has 1 saturated heterocycles. The van der Waals surface area contributed by atoms with E-state index in [-0.39, 0.29) is 12.9 Å². The Morgan fingerprint density at radius 2 is 1.94 bits per heavy atom. The number of aromatic nitrogens is 4. The van der Waals surface area contributed by atoms with Crippen LogP contribution in [0.4, 0.5) is 10.6 Å². The fraction of sp³-hybridized carbons (Fsp3) is 0.500. The third-order valence-electron chi connectivity index (χ3n) is 6.14. The number of halogens is 1. The molecule has 4 aliphatic heterocycles. The smallest absolute Gasteiger partial charge is 0.410 e. The summed E-state index contributed by atoms with van der Waals surface area (Å²) in [6.07, 6.45) is 4.34. The molecule has 1 fully saturated rings. The number of nitrogens with zero attached hydrogens (tertiary/aromatic N) is 5. The van der Waals surface area contributed by atoms with Gasteiger partial charge >= 0.3 is 6.09 Å². The van der Waals surface area contributed by atoms with Gasteiger partial charge in [0.25, 0.3) is 0 Å². The molecule has 0 radical (unpaired) electrons. The third-order valence-corrected chi connectivity index (χ3v) is 7.99. The first-order chi connectivity index (χ1) is 17.2. The number of piperidine rings is 1. The van der Waals surface area contributed by atoms with Crippen molar-refractivity contribution in [1.29, 1.82) is 0 Å². The topological polar surface area (TPSA) is 118 Å². The van der Waals surface area contributed by atoms with Crippen LogP contribution < -0.4 is 15.2 Å². The lowest BCUT2D eigenvalue weighted by Gasteiger charge is -2.33. The Morgan fingerprint density at radius 1 is 1.22 bits per heavy atom. The molecule has 0 saturated carbocycles. The Morgan fingerprint density at radius 3 is 2.67 bits per heavy atom. The van der Waals surface area contributed by atoms with Gasteiger partial charge in [-0.2, -0.15) is 0 Å². The van der Waals surface area contributed by atoms with Crippen LogP contribution in [-0.4, -0.2) is 56.0 Å². The van der Waals surface area contributed by atoms with E-state index in [9.17, 15) is 4.79 Å². The van der Waals surface area contributed by atoms with E-state index in [1.807, 2.05) is 37.5 Å². The first kappa shape index (κ1) is 24.9. The van der Waals surface area contributed by atoms with Crippen molar-refractivity contribution in [3.05, 3.63) is 22.9 Å². The summed E-state index contributed by atoms with van der Waals surface area (Å²) < 4.78 is 19.3. The number of carbonyl (C=O) groups excluding carboxylic acids is 1. The number of rotatable bonds is 5. The molecule has 1 aromatic rings. The summed E-state index contributed by atoms with van der Waals surface area (Å²) in [6, 6.07) is 3.80. The van der Waals surface area contributed by atoms with Gasteiger partial charge in [0.15, 0.2) is 34.0 Å². The van der Waals surface area contributed by atoms with Crippen molar-refractivity contribution in [3.63, 3.8) is 0 Å². The van der Waals surface area contributed by atoms with Crippen LogP contribution in [0.1, 0.15) is 40.0 Å². The Hall–Kier alpha value is -2.73. The van der Waals surface area contributed by atoms with Crippen LogP contribution in [0, 0.1) is 5.92 Å². The Bertz CT molecular complexity index is 1240. The van der Waals surface area contributed by atoms with Gasteiger partial charge in [-0.1, -0.05) is 0 Å². The first-order valence-electron chi connectivity index (χ1n) is 11.9. The van der Waals surface area contributed by atoms with Gasteiger partial charge in [-0.15, -0.1) is 0 Å². The SMILES string of the molecule is CC(C)(C)OC(=O)N1CCC(CCn2cnc(N)c3nc(Sc4cc5c(cc4Br)OCO5)nc2-3)CC1. The third kappa shape index (κ3) is 5.49. The number of hydrogen-bond acceptors (Lipinski definition) is 9. The summed E-state index contributed by atoms with van der Waals surface area (Å²) in [4.78, 5) is 28.8. The van der Waals surface area contributed by atoms with Gasteiger partial charge in [0.05, 0.1) is 6.33 Å². The molecule has 36 heavy (non-hydrogen) atoms. The van der Waals surface area contributed by atoms with Gasteiger partial charge in [0, 0.05) is 29.0 Å². The second kappa shape index (κ2) is 9.97. The monoisotopic (exact) mass is 576 g/mol. The van der Waals surface area contributed by atoms with E-state index in [2.05, 4.69) is 25.9 Å². The Kier molecular flexibility index (Phi) is 6.90. The van der Waals surface area contributed by atoms with E-state index in [1.165, 1.54) is 11.8 Å². The fourth-order valence-corrected chi connectivity index (χ4v) is 5.62. The summed E-state index contributed by atoms with van der Waals surface area (Å²) in [6.45, 7) is 8.05. The second-order valence-electron chi connectivity index (χ2n) is 9.94. The number of aryl methyl sites for hydroxylation is 1. The number of ether oxygens (including phenoxy) is 3. The van der Waals surface area contributed by atoms with Gasteiger partial charge in [0.1, 0.15) is 5.60 Å². The molecule has 4 heterocycles. The van der Waals surface area contributed by atoms with E-state index >= 15 is 0 Å². The number of nitrogens with two attached hydrogens (primary N) is 1. The number of nitrogen functional groups attached to an aromatic ring is 1. The molecule has 2 N–H and O–H groups in total.